The average molecular weight is 158 g/mol. The second-order valence-corrected chi connectivity index (χ2v) is 2.69. The van der Waals surface area contributed by atoms with Crippen molar-refractivity contribution in [1.82, 2.24) is 0 Å². The lowest BCUT2D eigenvalue weighted by molar-refractivity contribution is 0.00216. The van der Waals surface area contributed by atoms with E-state index in [0.29, 0.717) is 0 Å². The van der Waals surface area contributed by atoms with E-state index in [-0.39, 0.29) is 0 Å². The number of allylic oxidation sites excluding steroid dienone is 1. The zero-order valence-electron chi connectivity index (χ0n) is 7.16. The van der Waals surface area contributed by atoms with Crippen molar-refractivity contribution in [1.29, 1.82) is 0 Å². The van der Waals surface area contributed by atoms with Crippen molar-refractivity contribution >= 4 is 0 Å². The summed E-state index contributed by atoms with van der Waals surface area (Å²) in [7, 11) is 0. The molecule has 0 atom stereocenters. The second kappa shape index (κ2) is 7.76. The molecule has 0 aliphatic carbocycles. The summed E-state index contributed by atoms with van der Waals surface area (Å²) in [4.78, 5) is 0. The van der Waals surface area contributed by atoms with Crippen LogP contribution >= 0.6 is 0 Å². The summed E-state index contributed by atoms with van der Waals surface area (Å²) in [6, 6.07) is 0. The van der Waals surface area contributed by atoms with Crippen molar-refractivity contribution in [3.8, 4) is 0 Å². The molecule has 11 heavy (non-hydrogen) atoms. The molecule has 0 heterocycles. The third-order valence-electron chi connectivity index (χ3n) is 1.53. The molecule has 0 saturated heterocycles. The van der Waals surface area contributed by atoms with Gasteiger partial charge in [-0.25, -0.2) is 0 Å². The highest BCUT2D eigenvalue weighted by Crippen LogP contribution is 2.02. The Balaban J connectivity index is 3.01. The summed E-state index contributed by atoms with van der Waals surface area (Å²) >= 11 is 0. The van der Waals surface area contributed by atoms with E-state index < -0.39 is 6.29 Å². The molecule has 0 fully saturated rings. The summed E-state index contributed by atoms with van der Waals surface area (Å²) in [5.74, 6) is 0. The first-order valence-corrected chi connectivity index (χ1v) is 4.30. The van der Waals surface area contributed by atoms with Gasteiger partial charge in [-0.05, 0) is 18.9 Å². The largest absolute Gasteiger partial charge is 0.365 e. The Morgan fingerprint density at radius 3 is 2.45 bits per heavy atom. The molecule has 0 bridgehead atoms. The molecule has 0 saturated carbocycles. The first-order valence-electron chi connectivity index (χ1n) is 4.30. The molecule has 2 heteroatoms. The Hall–Kier alpha value is -0.340. The SMILES string of the molecule is CCCCCCC=CC(O)O. The van der Waals surface area contributed by atoms with Crippen LogP contribution in [0.25, 0.3) is 0 Å². The molecular formula is C9H18O2. The van der Waals surface area contributed by atoms with Crippen molar-refractivity contribution in [2.75, 3.05) is 0 Å². The minimum absolute atomic E-state index is 0.956. The standard InChI is InChI=1S/C9H18O2/c1-2-3-4-5-6-7-8-9(10)11/h7-11H,2-6H2,1H3. The minimum Gasteiger partial charge on any atom is -0.365 e. The average Bonchev–Trinajstić information content (AvgIpc) is 1.96. The maximum absolute atomic E-state index is 8.42. The Bertz CT molecular complexity index is 97.7. The molecule has 0 unspecified atom stereocenters. The molecule has 0 aromatic carbocycles. The lowest BCUT2D eigenvalue weighted by Crippen LogP contribution is -1.96. The molecular weight excluding hydrogens is 140 g/mol. The van der Waals surface area contributed by atoms with E-state index in [9.17, 15) is 0 Å². The van der Waals surface area contributed by atoms with Gasteiger partial charge < -0.3 is 10.2 Å². The van der Waals surface area contributed by atoms with Crippen LogP contribution in [0.3, 0.4) is 0 Å². The van der Waals surface area contributed by atoms with Crippen LogP contribution in [0.5, 0.6) is 0 Å². The van der Waals surface area contributed by atoms with Crippen molar-refractivity contribution in [2.24, 2.45) is 0 Å². The van der Waals surface area contributed by atoms with Crippen molar-refractivity contribution in [2.45, 2.75) is 45.3 Å². The fourth-order valence-corrected chi connectivity index (χ4v) is 0.907. The zero-order chi connectivity index (χ0) is 8.53. The minimum atomic E-state index is -1.28. The number of rotatable bonds is 6. The third-order valence-corrected chi connectivity index (χ3v) is 1.53. The van der Waals surface area contributed by atoms with Gasteiger partial charge in [-0.1, -0.05) is 32.3 Å². The van der Waals surface area contributed by atoms with Crippen LogP contribution in [0.15, 0.2) is 12.2 Å². The summed E-state index contributed by atoms with van der Waals surface area (Å²) in [6.07, 6.45) is 7.81. The Kier molecular flexibility index (Phi) is 7.52. The molecule has 0 rings (SSSR count). The predicted octanol–water partition coefficient (Wildman–Crippen LogP) is 1.82. The fourth-order valence-electron chi connectivity index (χ4n) is 0.907. The van der Waals surface area contributed by atoms with Gasteiger partial charge in [0.15, 0.2) is 6.29 Å². The van der Waals surface area contributed by atoms with Crippen LogP contribution in [0.1, 0.15) is 39.0 Å². The Labute approximate surface area is 68.6 Å². The fraction of sp³-hybridized carbons (Fsp3) is 0.778. The van der Waals surface area contributed by atoms with Crippen molar-refractivity contribution in [3.63, 3.8) is 0 Å². The van der Waals surface area contributed by atoms with E-state index in [2.05, 4.69) is 6.92 Å². The lowest BCUT2D eigenvalue weighted by Gasteiger charge is -1.95. The van der Waals surface area contributed by atoms with Crippen molar-refractivity contribution < 1.29 is 10.2 Å². The maximum Gasteiger partial charge on any atom is 0.171 e. The normalized spacial score (nSPS) is 11.6. The smallest absolute Gasteiger partial charge is 0.171 e. The predicted molar refractivity (Wildman–Crippen MR) is 46.1 cm³/mol. The van der Waals surface area contributed by atoms with Crippen LogP contribution in [0.2, 0.25) is 0 Å². The Morgan fingerprint density at radius 1 is 1.18 bits per heavy atom. The van der Waals surface area contributed by atoms with E-state index in [0.717, 1.165) is 12.8 Å². The number of aliphatic hydroxyl groups is 2. The quantitative estimate of drug-likeness (QED) is 0.351. The zero-order valence-corrected chi connectivity index (χ0v) is 7.16. The highest BCUT2D eigenvalue weighted by Gasteiger charge is 1.87. The summed E-state index contributed by atoms with van der Waals surface area (Å²) in [5.41, 5.74) is 0. The van der Waals surface area contributed by atoms with Gasteiger partial charge in [0.25, 0.3) is 0 Å². The number of unbranched alkanes of at least 4 members (excludes halogenated alkanes) is 4. The first-order chi connectivity index (χ1) is 5.27. The molecule has 0 aromatic rings. The summed E-state index contributed by atoms with van der Waals surface area (Å²) in [5, 5.41) is 16.8. The number of hydrogen-bond donors (Lipinski definition) is 2. The third kappa shape index (κ3) is 9.66. The molecule has 2 nitrogen and oxygen atoms in total. The van der Waals surface area contributed by atoms with Gasteiger partial charge in [0.1, 0.15) is 0 Å². The molecule has 0 aromatic heterocycles. The molecule has 0 amide bonds. The van der Waals surface area contributed by atoms with Gasteiger partial charge in [0.05, 0.1) is 0 Å². The van der Waals surface area contributed by atoms with Gasteiger partial charge in [0, 0.05) is 0 Å². The molecule has 0 aliphatic heterocycles. The van der Waals surface area contributed by atoms with E-state index >= 15 is 0 Å². The summed E-state index contributed by atoms with van der Waals surface area (Å²) in [6.45, 7) is 2.17. The van der Waals surface area contributed by atoms with Crippen LogP contribution in [0.4, 0.5) is 0 Å². The van der Waals surface area contributed by atoms with E-state index in [1.807, 2.05) is 6.08 Å². The lowest BCUT2D eigenvalue weighted by atomic mass is 10.1. The van der Waals surface area contributed by atoms with E-state index in [1.54, 1.807) is 0 Å². The number of hydrogen-bond acceptors (Lipinski definition) is 2. The summed E-state index contributed by atoms with van der Waals surface area (Å²) < 4.78 is 0. The first kappa shape index (κ1) is 10.7. The number of aliphatic hydroxyl groups excluding tert-OH is 1. The van der Waals surface area contributed by atoms with Crippen LogP contribution < -0.4 is 0 Å². The highest BCUT2D eigenvalue weighted by atomic mass is 16.5. The van der Waals surface area contributed by atoms with E-state index in [1.165, 1.54) is 25.3 Å². The molecule has 0 spiro atoms. The van der Waals surface area contributed by atoms with Gasteiger partial charge in [-0.15, -0.1) is 0 Å². The molecule has 2 N–H and O–H groups in total. The van der Waals surface area contributed by atoms with Crippen LogP contribution in [0, 0.1) is 0 Å². The second-order valence-electron chi connectivity index (χ2n) is 2.69. The van der Waals surface area contributed by atoms with Crippen LogP contribution in [-0.4, -0.2) is 16.5 Å². The van der Waals surface area contributed by atoms with Crippen molar-refractivity contribution in [3.05, 3.63) is 12.2 Å². The van der Waals surface area contributed by atoms with Gasteiger partial charge in [-0.2, -0.15) is 0 Å². The highest BCUT2D eigenvalue weighted by molar-refractivity contribution is 4.82. The van der Waals surface area contributed by atoms with Gasteiger partial charge in [0.2, 0.25) is 0 Å². The molecule has 0 radical (unpaired) electrons. The monoisotopic (exact) mass is 158 g/mol. The molecule has 0 aliphatic rings. The van der Waals surface area contributed by atoms with Gasteiger partial charge >= 0.3 is 0 Å². The van der Waals surface area contributed by atoms with Gasteiger partial charge in [-0.3, -0.25) is 0 Å². The topological polar surface area (TPSA) is 40.5 Å². The van der Waals surface area contributed by atoms with Crippen LogP contribution in [-0.2, 0) is 0 Å². The maximum atomic E-state index is 8.42. The Morgan fingerprint density at radius 2 is 1.91 bits per heavy atom. The van der Waals surface area contributed by atoms with E-state index in [4.69, 9.17) is 10.2 Å². The molecule has 66 valence electrons.